The Morgan fingerprint density at radius 1 is 0.323 bits per heavy atom. The fourth-order valence-corrected chi connectivity index (χ4v) is 14.1. The molecule has 0 radical (unpaired) electrons. The van der Waals surface area contributed by atoms with E-state index in [1.54, 1.807) is 12.1 Å². The minimum Gasteiger partial charge on any atom is -0.310 e. The summed E-state index contributed by atoms with van der Waals surface area (Å²) < 4.78 is 57.4. The van der Waals surface area contributed by atoms with Gasteiger partial charge in [-0.05, 0) is 117 Å². The van der Waals surface area contributed by atoms with Crippen LogP contribution >= 0.6 is 0 Å². The van der Waals surface area contributed by atoms with Gasteiger partial charge in [-0.15, -0.1) is 0 Å². The molecule has 3 aliphatic rings. The molecule has 8 heteroatoms. The Bertz CT molecular complexity index is 3080. The highest BCUT2D eigenvalue weighted by molar-refractivity contribution is 7.97. The zero-order valence-corrected chi connectivity index (χ0v) is 36.3. The van der Waals surface area contributed by atoms with Crippen molar-refractivity contribution >= 4 is 53.8 Å². The van der Waals surface area contributed by atoms with Gasteiger partial charge in [0.2, 0.25) is 19.7 Å². The highest BCUT2D eigenvalue weighted by Gasteiger charge is 2.41. The Labute approximate surface area is 363 Å². The summed E-state index contributed by atoms with van der Waals surface area (Å²) in [6.07, 6.45) is 0. The highest BCUT2D eigenvalue weighted by atomic mass is 32.2. The third-order valence-electron chi connectivity index (χ3n) is 13.2. The van der Waals surface area contributed by atoms with E-state index in [2.05, 4.69) is 135 Å². The van der Waals surface area contributed by atoms with Crippen LogP contribution in [-0.2, 0) is 30.5 Å². The van der Waals surface area contributed by atoms with Gasteiger partial charge in [-0.1, -0.05) is 137 Å². The van der Waals surface area contributed by atoms with Crippen LogP contribution in [0.4, 0.5) is 34.1 Å². The summed E-state index contributed by atoms with van der Waals surface area (Å²) in [5, 5.41) is 0. The lowest BCUT2D eigenvalue weighted by atomic mass is 9.73. The number of hydrogen-bond acceptors (Lipinski definition) is 6. The van der Waals surface area contributed by atoms with E-state index >= 15 is 0 Å². The molecule has 0 N–H and O–H groups in total. The minimum atomic E-state index is -4.24. The lowest BCUT2D eigenvalue weighted by Crippen LogP contribution is -2.30. The molecule has 8 aromatic rings. The SMILES string of the molecule is CC1(C)c2ccccc2N(c2ccc(-c3ccc4c(c3)S(=O)(=O)c3cc(-c5ccc(N6c7ccccc7C(C)(C)c7ccccc76)cc5)ccc3S4(=O)=O)cc2)c2ccccc21. The van der Waals surface area contributed by atoms with Crippen LogP contribution in [0.1, 0.15) is 49.9 Å². The number of sulfone groups is 2. The molecule has 8 aromatic carbocycles. The van der Waals surface area contributed by atoms with E-state index < -0.39 is 19.7 Å². The van der Waals surface area contributed by atoms with Crippen LogP contribution in [0.5, 0.6) is 0 Å². The number of para-hydroxylation sites is 4. The predicted octanol–water partition coefficient (Wildman–Crippen LogP) is 13.2. The molecule has 0 aliphatic carbocycles. The van der Waals surface area contributed by atoms with Gasteiger partial charge in [0.15, 0.2) is 0 Å². The number of hydrogen-bond donors (Lipinski definition) is 0. The van der Waals surface area contributed by atoms with E-state index in [1.165, 1.54) is 46.5 Å². The molecule has 0 aromatic heterocycles. The molecule has 3 heterocycles. The average Bonchev–Trinajstić information content (AvgIpc) is 3.29. The Balaban J connectivity index is 0.935. The van der Waals surface area contributed by atoms with Gasteiger partial charge in [-0.25, -0.2) is 16.8 Å². The molecule has 0 fully saturated rings. The molecule has 6 nitrogen and oxygen atoms in total. The van der Waals surface area contributed by atoms with Crippen molar-refractivity contribution in [2.24, 2.45) is 0 Å². The molecule has 0 saturated heterocycles. The molecular weight excluding hydrogens is 805 g/mol. The zero-order valence-electron chi connectivity index (χ0n) is 34.7. The smallest absolute Gasteiger partial charge is 0.209 e. The zero-order chi connectivity index (χ0) is 42.8. The maximum Gasteiger partial charge on any atom is 0.209 e. The summed E-state index contributed by atoms with van der Waals surface area (Å²) in [5.74, 6) is 0. The van der Waals surface area contributed by atoms with E-state index in [1.807, 2.05) is 48.5 Å². The highest BCUT2D eigenvalue weighted by Crippen LogP contribution is 2.53. The van der Waals surface area contributed by atoms with Gasteiger partial charge >= 0.3 is 0 Å². The maximum absolute atomic E-state index is 14.6. The number of rotatable bonds is 4. The van der Waals surface area contributed by atoms with E-state index in [-0.39, 0.29) is 30.4 Å². The summed E-state index contributed by atoms with van der Waals surface area (Å²) in [5.41, 5.74) is 13.6. The monoisotopic (exact) mass is 846 g/mol. The van der Waals surface area contributed by atoms with Crippen molar-refractivity contribution in [1.82, 2.24) is 0 Å². The summed E-state index contributed by atoms with van der Waals surface area (Å²) in [6.45, 7) is 9.00. The van der Waals surface area contributed by atoms with Crippen molar-refractivity contribution in [1.29, 1.82) is 0 Å². The van der Waals surface area contributed by atoms with Crippen molar-refractivity contribution in [3.8, 4) is 22.3 Å². The van der Waals surface area contributed by atoms with Crippen LogP contribution in [0.15, 0.2) is 202 Å². The number of benzene rings is 8. The Morgan fingerprint density at radius 3 is 0.919 bits per heavy atom. The standard InChI is InChI=1S/C54H42N2O4S2/c1-53(2)41-13-5-9-17-45(41)55(46-18-10-6-14-42(46)53)39-27-21-35(22-28-39)37-25-31-49-51(33-37)62(59,60)52-34-38(26-32-50(52)61(49,57)58)36-23-29-40(30-24-36)56-47-19-11-7-15-43(47)54(3,4)44-16-8-12-20-48(44)56/h5-34H,1-4H3. The molecule has 0 spiro atoms. The summed E-state index contributed by atoms with van der Waals surface area (Å²) >= 11 is 0. The number of fused-ring (bicyclic) bond motifs is 6. The van der Waals surface area contributed by atoms with Crippen molar-refractivity contribution in [3.63, 3.8) is 0 Å². The van der Waals surface area contributed by atoms with E-state index in [0.717, 1.165) is 45.3 Å². The molecular formula is C54H42N2O4S2. The summed E-state index contributed by atoms with van der Waals surface area (Å²) in [6, 6.07) is 59.0. The van der Waals surface area contributed by atoms with Crippen LogP contribution in [0, 0.1) is 0 Å². The van der Waals surface area contributed by atoms with Crippen molar-refractivity contribution < 1.29 is 16.8 Å². The third-order valence-corrected chi connectivity index (χ3v) is 17.2. The first-order valence-corrected chi connectivity index (χ1v) is 23.7. The predicted molar refractivity (Wildman–Crippen MR) is 248 cm³/mol. The van der Waals surface area contributed by atoms with Gasteiger partial charge in [0.25, 0.3) is 0 Å². The fourth-order valence-electron chi connectivity index (χ4n) is 9.98. The molecule has 62 heavy (non-hydrogen) atoms. The van der Waals surface area contributed by atoms with Crippen LogP contribution in [-0.4, -0.2) is 16.8 Å². The van der Waals surface area contributed by atoms with Gasteiger partial charge in [0, 0.05) is 22.2 Å². The van der Waals surface area contributed by atoms with Crippen molar-refractivity contribution in [2.45, 2.75) is 58.1 Å². The second kappa shape index (κ2) is 13.4. The summed E-state index contributed by atoms with van der Waals surface area (Å²) in [7, 11) is -8.37. The van der Waals surface area contributed by atoms with Crippen LogP contribution in [0.25, 0.3) is 22.3 Å². The van der Waals surface area contributed by atoms with Crippen LogP contribution in [0.3, 0.4) is 0 Å². The first-order valence-electron chi connectivity index (χ1n) is 20.8. The van der Waals surface area contributed by atoms with E-state index in [4.69, 9.17) is 0 Å². The van der Waals surface area contributed by atoms with Crippen molar-refractivity contribution in [3.05, 3.63) is 204 Å². The van der Waals surface area contributed by atoms with Crippen LogP contribution < -0.4 is 9.80 Å². The molecule has 0 amide bonds. The maximum atomic E-state index is 14.6. The second-order valence-electron chi connectivity index (χ2n) is 17.4. The fraction of sp³-hybridized carbons (Fsp3) is 0.111. The quantitative estimate of drug-likeness (QED) is 0.176. The first-order chi connectivity index (χ1) is 29.8. The third kappa shape index (κ3) is 5.46. The lowest BCUT2D eigenvalue weighted by Gasteiger charge is -2.42. The average molecular weight is 847 g/mol. The number of anilines is 6. The Morgan fingerprint density at radius 2 is 0.597 bits per heavy atom. The minimum absolute atomic E-state index is 0.186. The van der Waals surface area contributed by atoms with E-state index in [0.29, 0.717) is 11.1 Å². The van der Waals surface area contributed by atoms with E-state index in [9.17, 15) is 16.8 Å². The molecule has 0 atom stereocenters. The molecule has 0 bridgehead atoms. The van der Waals surface area contributed by atoms with Gasteiger partial charge in [-0.3, -0.25) is 0 Å². The lowest BCUT2D eigenvalue weighted by molar-refractivity contribution is 0.570. The first kappa shape index (κ1) is 38.2. The molecule has 0 unspecified atom stereocenters. The topological polar surface area (TPSA) is 74.8 Å². The Hall–Kier alpha value is -6.74. The molecule has 3 aliphatic heterocycles. The molecule has 304 valence electrons. The normalized spacial score (nSPS) is 16.8. The summed E-state index contributed by atoms with van der Waals surface area (Å²) in [4.78, 5) is 3.67. The van der Waals surface area contributed by atoms with Gasteiger partial charge in [0.1, 0.15) is 0 Å². The van der Waals surface area contributed by atoms with Gasteiger partial charge in [0.05, 0.1) is 42.3 Å². The largest absolute Gasteiger partial charge is 0.310 e. The Kier molecular flexibility index (Phi) is 8.24. The van der Waals surface area contributed by atoms with Gasteiger partial charge < -0.3 is 9.80 Å². The van der Waals surface area contributed by atoms with Crippen LogP contribution in [0.2, 0.25) is 0 Å². The second-order valence-corrected chi connectivity index (χ2v) is 21.2. The molecule has 0 saturated carbocycles. The van der Waals surface area contributed by atoms with Crippen molar-refractivity contribution in [2.75, 3.05) is 9.80 Å². The number of nitrogens with zero attached hydrogens (tertiary/aromatic N) is 2. The molecule has 11 rings (SSSR count). The van der Waals surface area contributed by atoms with Gasteiger partial charge in [-0.2, -0.15) is 0 Å².